The molecule has 21 heavy (non-hydrogen) atoms. The van der Waals surface area contributed by atoms with Gasteiger partial charge in [0.15, 0.2) is 0 Å². The van der Waals surface area contributed by atoms with Crippen molar-refractivity contribution in [3.63, 3.8) is 0 Å². The van der Waals surface area contributed by atoms with Gasteiger partial charge in [0, 0.05) is 31.1 Å². The normalized spacial score (nSPS) is 12.3. The molecule has 0 spiro atoms. The molecule has 1 aromatic carbocycles. The fraction of sp³-hybridized carbons (Fsp3) is 0.333. The smallest absolute Gasteiger partial charge is 0.270 e. The molecule has 0 aliphatic carbocycles. The molecule has 1 aromatic heterocycles. The van der Waals surface area contributed by atoms with Gasteiger partial charge in [-0.05, 0) is 37.1 Å². The predicted octanol–water partition coefficient (Wildman–Crippen LogP) is 3.95. The van der Waals surface area contributed by atoms with Gasteiger partial charge in [-0.3, -0.25) is 10.1 Å². The molecular weight excluding hydrogens is 292 g/mol. The van der Waals surface area contributed by atoms with E-state index in [0.717, 1.165) is 24.2 Å². The lowest BCUT2D eigenvalue weighted by Gasteiger charge is -2.13. The molecule has 1 heterocycles. The van der Waals surface area contributed by atoms with Gasteiger partial charge in [0.05, 0.1) is 16.2 Å². The molecule has 2 rings (SSSR count). The number of non-ortho nitro benzene ring substituents is 1. The Morgan fingerprint density at radius 1 is 1.43 bits per heavy atom. The molecule has 1 N–H and O–H groups in total. The standard InChI is InChI=1S/C15H17ClN2O3/c1-11(4-7-14-3-2-8-21-14)17-10-12-5-6-13(18(19)20)9-15(12)16/h2-3,5-6,8-9,11,17H,4,7,10H2,1H3. The zero-order chi connectivity index (χ0) is 15.2. The maximum Gasteiger partial charge on any atom is 0.270 e. The predicted molar refractivity (Wildman–Crippen MR) is 81.4 cm³/mol. The third-order valence-electron chi connectivity index (χ3n) is 3.29. The molecule has 1 atom stereocenters. The number of rotatable bonds is 7. The van der Waals surface area contributed by atoms with Crippen molar-refractivity contribution in [2.45, 2.75) is 32.4 Å². The first kappa shape index (κ1) is 15.5. The summed E-state index contributed by atoms with van der Waals surface area (Å²) in [5.41, 5.74) is 0.863. The molecule has 0 aliphatic heterocycles. The maximum atomic E-state index is 10.7. The zero-order valence-corrected chi connectivity index (χ0v) is 12.5. The van der Waals surface area contributed by atoms with Crippen molar-refractivity contribution in [2.75, 3.05) is 0 Å². The van der Waals surface area contributed by atoms with Crippen LogP contribution in [0.5, 0.6) is 0 Å². The SMILES string of the molecule is CC(CCc1ccco1)NCc1ccc([N+](=O)[O-])cc1Cl. The second kappa shape index (κ2) is 7.24. The van der Waals surface area contributed by atoms with Crippen molar-refractivity contribution in [3.05, 3.63) is 63.1 Å². The average Bonchev–Trinajstić information content (AvgIpc) is 2.97. The van der Waals surface area contributed by atoms with Crippen molar-refractivity contribution in [3.8, 4) is 0 Å². The van der Waals surface area contributed by atoms with Gasteiger partial charge in [0.25, 0.3) is 5.69 Å². The highest BCUT2D eigenvalue weighted by molar-refractivity contribution is 6.31. The Labute approximate surface area is 128 Å². The highest BCUT2D eigenvalue weighted by Gasteiger charge is 2.10. The minimum absolute atomic E-state index is 0.00891. The Bertz CT molecular complexity index is 599. The summed E-state index contributed by atoms with van der Waals surface area (Å²) in [4.78, 5) is 10.2. The van der Waals surface area contributed by atoms with E-state index in [9.17, 15) is 10.1 Å². The van der Waals surface area contributed by atoms with Crippen LogP contribution in [0.3, 0.4) is 0 Å². The molecule has 0 amide bonds. The third-order valence-corrected chi connectivity index (χ3v) is 3.64. The van der Waals surface area contributed by atoms with Gasteiger partial charge < -0.3 is 9.73 Å². The first-order chi connectivity index (χ1) is 10.1. The molecule has 2 aromatic rings. The van der Waals surface area contributed by atoms with Crippen LogP contribution in [-0.4, -0.2) is 11.0 Å². The fourth-order valence-electron chi connectivity index (χ4n) is 1.99. The van der Waals surface area contributed by atoms with E-state index >= 15 is 0 Å². The Kier molecular flexibility index (Phi) is 5.36. The summed E-state index contributed by atoms with van der Waals surface area (Å²) in [6.07, 6.45) is 3.48. The van der Waals surface area contributed by atoms with Gasteiger partial charge in [-0.2, -0.15) is 0 Å². The minimum atomic E-state index is -0.449. The van der Waals surface area contributed by atoms with Crippen LogP contribution in [0.1, 0.15) is 24.7 Å². The number of hydrogen-bond acceptors (Lipinski definition) is 4. The van der Waals surface area contributed by atoms with E-state index in [1.165, 1.54) is 12.1 Å². The van der Waals surface area contributed by atoms with Crippen LogP contribution >= 0.6 is 11.6 Å². The van der Waals surface area contributed by atoms with Gasteiger partial charge in [0.1, 0.15) is 5.76 Å². The van der Waals surface area contributed by atoms with Crippen molar-refractivity contribution in [2.24, 2.45) is 0 Å². The number of aryl methyl sites for hydroxylation is 1. The zero-order valence-electron chi connectivity index (χ0n) is 11.7. The van der Waals surface area contributed by atoms with Crippen LogP contribution in [0.4, 0.5) is 5.69 Å². The molecule has 0 aliphatic rings. The molecule has 5 nitrogen and oxygen atoms in total. The summed E-state index contributed by atoms with van der Waals surface area (Å²) in [5, 5.41) is 14.4. The van der Waals surface area contributed by atoms with Crippen LogP contribution in [0.15, 0.2) is 41.0 Å². The lowest BCUT2D eigenvalue weighted by atomic mass is 10.1. The summed E-state index contributed by atoms with van der Waals surface area (Å²) in [7, 11) is 0. The number of nitro groups is 1. The Balaban J connectivity index is 1.83. The highest BCUT2D eigenvalue weighted by atomic mass is 35.5. The molecule has 1 unspecified atom stereocenters. The van der Waals surface area contributed by atoms with E-state index < -0.39 is 4.92 Å². The number of halogens is 1. The van der Waals surface area contributed by atoms with Crippen LogP contribution in [-0.2, 0) is 13.0 Å². The first-order valence-electron chi connectivity index (χ1n) is 6.75. The van der Waals surface area contributed by atoms with Crippen molar-refractivity contribution < 1.29 is 9.34 Å². The van der Waals surface area contributed by atoms with E-state index in [4.69, 9.17) is 16.0 Å². The lowest BCUT2D eigenvalue weighted by molar-refractivity contribution is -0.384. The topological polar surface area (TPSA) is 68.3 Å². The Hall–Kier alpha value is -1.85. The number of nitrogens with zero attached hydrogens (tertiary/aromatic N) is 1. The van der Waals surface area contributed by atoms with E-state index in [2.05, 4.69) is 12.2 Å². The van der Waals surface area contributed by atoms with Crippen LogP contribution in [0, 0.1) is 10.1 Å². The number of nitrogens with one attached hydrogen (secondary N) is 1. The highest BCUT2D eigenvalue weighted by Crippen LogP contribution is 2.22. The first-order valence-corrected chi connectivity index (χ1v) is 7.12. The average molecular weight is 309 g/mol. The van der Waals surface area contributed by atoms with Gasteiger partial charge in [-0.25, -0.2) is 0 Å². The van der Waals surface area contributed by atoms with Gasteiger partial charge in [0.2, 0.25) is 0 Å². The Morgan fingerprint density at radius 2 is 2.24 bits per heavy atom. The second-order valence-electron chi connectivity index (χ2n) is 4.93. The maximum absolute atomic E-state index is 10.7. The number of hydrogen-bond donors (Lipinski definition) is 1. The van der Waals surface area contributed by atoms with E-state index in [1.807, 2.05) is 12.1 Å². The monoisotopic (exact) mass is 308 g/mol. The molecule has 0 radical (unpaired) electrons. The number of furan rings is 1. The van der Waals surface area contributed by atoms with Crippen LogP contribution in [0.25, 0.3) is 0 Å². The Morgan fingerprint density at radius 3 is 2.86 bits per heavy atom. The summed E-state index contributed by atoms with van der Waals surface area (Å²) in [5.74, 6) is 0.969. The number of nitro benzene ring substituents is 1. The van der Waals surface area contributed by atoms with Crippen molar-refractivity contribution in [1.82, 2.24) is 5.32 Å². The molecule has 6 heteroatoms. The fourth-order valence-corrected chi connectivity index (χ4v) is 2.23. The third kappa shape index (κ3) is 4.58. The van der Waals surface area contributed by atoms with Gasteiger partial charge in [-0.15, -0.1) is 0 Å². The van der Waals surface area contributed by atoms with Crippen LogP contribution < -0.4 is 5.32 Å². The molecule has 112 valence electrons. The molecule has 0 fully saturated rings. The van der Waals surface area contributed by atoms with E-state index in [1.54, 1.807) is 12.3 Å². The van der Waals surface area contributed by atoms with E-state index in [-0.39, 0.29) is 5.69 Å². The lowest BCUT2D eigenvalue weighted by Crippen LogP contribution is -2.26. The largest absolute Gasteiger partial charge is 0.469 e. The van der Waals surface area contributed by atoms with Gasteiger partial charge >= 0.3 is 0 Å². The molecule has 0 bridgehead atoms. The minimum Gasteiger partial charge on any atom is -0.469 e. The quantitative estimate of drug-likeness (QED) is 0.621. The van der Waals surface area contributed by atoms with Crippen molar-refractivity contribution >= 4 is 17.3 Å². The molecule has 0 saturated heterocycles. The van der Waals surface area contributed by atoms with Crippen LogP contribution in [0.2, 0.25) is 5.02 Å². The second-order valence-corrected chi connectivity index (χ2v) is 5.34. The summed E-state index contributed by atoms with van der Waals surface area (Å²) in [6, 6.07) is 8.67. The summed E-state index contributed by atoms with van der Waals surface area (Å²) >= 11 is 6.06. The summed E-state index contributed by atoms with van der Waals surface area (Å²) in [6.45, 7) is 2.67. The molecule has 0 saturated carbocycles. The van der Waals surface area contributed by atoms with E-state index in [0.29, 0.717) is 17.6 Å². The summed E-state index contributed by atoms with van der Waals surface area (Å²) < 4.78 is 5.29. The number of benzene rings is 1. The molecular formula is C15H17ClN2O3. The van der Waals surface area contributed by atoms with Gasteiger partial charge in [-0.1, -0.05) is 11.6 Å². The van der Waals surface area contributed by atoms with Crippen molar-refractivity contribution in [1.29, 1.82) is 0 Å².